The fourth-order valence-electron chi connectivity index (χ4n) is 2.59. The largest absolute Gasteiger partial charge is 0.373 e. The number of morpholine rings is 1. The van der Waals surface area contributed by atoms with E-state index < -0.39 is 0 Å². The number of carbonyl (C=O) groups is 1. The smallest absolute Gasteiger partial charge is 0.271 e. The Hall–Kier alpha value is -1.53. The van der Waals surface area contributed by atoms with E-state index in [-0.39, 0.29) is 23.7 Å². The van der Waals surface area contributed by atoms with Crippen molar-refractivity contribution in [2.45, 2.75) is 45.4 Å². The van der Waals surface area contributed by atoms with Crippen molar-refractivity contribution in [1.29, 1.82) is 0 Å². The maximum atomic E-state index is 12.0. The summed E-state index contributed by atoms with van der Waals surface area (Å²) in [5, 5.41) is 2.94. The average molecular weight is 292 g/mol. The highest BCUT2D eigenvalue weighted by atomic mass is 16.5. The summed E-state index contributed by atoms with van der Waals surface area (Å²) in [6.45, 7) is 10.7. The van der Waals surface area contributed by atoms with E-state index in [1.54, 1.807) is 6.20 Å². The van der Waals surface area contributed by atoms with E-state index in [1.165, 1.54) is 12.4 Å². The van der Waals surface area contributed by atoms with Crippen molar-refractivity contribution in [1.82, 2.24) is 20.2 Å². The first-order valence-electron chi connectivity index (χ1n) is 7.33. The molecule has 1 aromatic heterocycles. The molecule has 116 valence electrons. The van der Waals surface area contributed by atoms with E-state index in [9.17, 15) is 4.79 Å². The lowest BCUT2D eigenvalue weighted by molar-refractivity contribution is -0.0948. The Morgan fingerprint density at radius 1 is 1.38 bits per heavy atom. The van der Waals surface area contributed by atoms with Gasteiger partial charge in [-0.25, -0.2) is 4.98 Å². The van der Waals surface area contributed by atoms with Gasteiger partial charge in [-0.3, -0.25) is 14.7 Å². The molecule has 0 aromatic carbocycles. The van der Waals surface area contributed by atoms with Crippen molar-refractivity contribution in [2.24, 2.45) is 0 Å². The summed E-state index contributed by atoms with van der Waals surface area (Å²) in [4.78, 5) is 22.3. The first kappa shape index (κ1) is 15.9. The number of aromatic nitrogens is 2. The molecular weight excluding hydrogens is 268 g/mol. The SMILES string of the molecule is C[C@@H]1CN(C(C)(C)CNC(=O)c2cnccn2)C[C@@H](C)O1. The van der Waals surface area contributed by atoms with E-state index in [0.29, 0.717) is 12.2 Å². The summed E-state index contributed by atoms with van der Waals surface area (Å²) in [6.07, 6.45) is 4.97. The van der Waals surface area contributed by atoms with Crippen LogP contribution in [0, 0.1) is 0 Å². The molecule has 1 aromatic rings. The van der Waals surface area contributed by atoms with Gasteiger partial charge in [-0.1, -0.05) is 0 Å². The molecule has 0 bridgehead atoms. The van der Waals surface area contributed by atoms with Crippen LogP contribution < -0.4 is 5.32 Å². The standard InChI is InChI=1S/C15H24N4O2/c1-11-8-19(9-12(2)21-11)15(3,4)10-18-14(20)13-7-16-5-6-17-13/h5-7,11-12H,8-10H2,1-4H3,(H,18,20)/t11-,12-/m1/s1. The van der Waals surface area contributed by atoms with Crippen LogP contribution in [0.1, 0.15) is 38.2 Å². The number of hydrogen-bond donors (Lipinski definition) is 1. The lowest BCUT2D eigenvalue weighted by Crippen LogP contribution is -2.58. The molecule has 2 heterocycles. The maximum absolute atomic E-state index is 12.0. The van der Waals surface area contributed by atoms with Crippen LogP contribution in [0.5, 0.6) is 0 Å². The van der Waals surface area contributed by atoms with E-state index in [2.05, 4.69) is 47.9 Å². The predicted molar refractivity (Wildman–Crippen MR) is 80.0 cm³/mol. The van der Waals surface area contributed by atoms with Crippen LogP contribution in [0.15, 0.2) is 18.6 Å². The minimum atomic E-state index is -0.189. The quantitative estimate of drug-likeness (QED) is 0.900. The summed E-state index contributed by atoms with van der Waals surface area (Å²) in [5.74, 6) is -0.189. The fourth-order valence-corrected chi connectivity index (χ4v) is 2.59. The number of carbonyl (C=O) groups excluding carboxylic acids is 1. The Morgan fingerprint density at radius 2 is 2.05 bits per heavy atom. The molecule has 6 heteroatoms. The zero-order valence-electron chi connectivity index (χ0n) is 13.2. The van der Waals surface area contributed by atoms with Gasteiger partial charge in [-0.2, -0.15) is 0 Å². The number of rotatable bonds is 4. The topological polar surface area (TPSA) is 67.4 Å². The number of nitrogens with zero attached hydrogens (tertiary/aromatic N) is 3. The zero-order chi connectivity index (χ0) is 15.5. The molecule has 1 aliphatic rings. The van der Waals surface area contributed by atoms with Gasteiger partial charge < -0.3 is 10.1 Å². The first-order valence-corrected chi connectivity index (χ1v) is 7.33. The van der Waals surface area contributed by atoms with Crippen LogP contribution in [0.4, 0.5) is 0 Å². The average Bonchev–Trinajstić information content (AvgIpc) is 2.45. The van der Waals surface area contributed by atoms with Crippen LogP contribution in [0.2, 0.25) is 0 Å². The van der Waals surface area contributed by atoms with Crippen LogP contribution >= 0.6 is 0 Å². The number of hydrogen-bond acceptors (Lipinski definition) is 5. The van der Waals surface area contributed by atoms with Crippen molar-refractivity contribution in [3.63, 3.8) is 0 Å². The number of amides is 1. The van der Waals surface area contributed by atoms with Gasteiger partial charge in [-0.15, -0.1) is 0 Å². The Morgan fingerprint density at radius 3 is 2.62 bits per heavy atom. The lowest BCUT2D eigenvalue weighted by Gasteiger charge is -2.45. The van der Waals surface area contributed by atoms with E-state index in [4.69, 9.17) is 4.74 Å². The molecule has 1 N–H and O–H groups in total. The Balaban J connectivity index is 1.93. The molecule has 0 saturated carbocycles. The normalized spacial score (nSPS) is 23.8. The summed E-state index contributed by atoms with van der Waals surface area (Å²) in [7, 11) is 0. The Kier molecular flexibility index (Phi) is 4.90. The summed E-state index contributed by atoms with van der Waals surface area (Å²) in [5.41, 5.74) is 0.210. The van der Waals surface area contributed by atoms with Crippen molar-refractivity contribution in [3.05, 3.63) is 24.3 Å². The van der Waals surface area contributed by atoms with Gasteiger partial charge in [0.1, 0.15) is 5.69 Å². The predicted octanol–water partition coefficient (Wildman–Crippen LogP) is 1.09. The van der Waals surface area contributed by atoms with E-state index in [0.717, 1.165) is 13.1 Å². The summed E-state index contributed by atoms with van der Waals surface area (Å²) in [6, 6.07) is 0. The highest BCUT2D eigenvalue weighted by Gasteiger charge is 2.33. The third-order valence-electron chi connectivity index (χ3n) is 3.75. The number of nitrogens with one attached hydrogen (secondary N) is 1. The van der Waals surface area contributed by atoms with Gasteiger partial charge in [0.2, 0.25) is 0 Å². The van der Waals surface area contributed by atoms with Gasteiger partial charge in [0, 0.05) is 37.6 Å². The van der Waals surface area contributed by atoms with Gasteiger partial charge in [0.25, 0.3) is 5.91 Å². The van der Waals surface area contributed by atoms with Gasteiger partial charge >= 0.3 is 0 Å². The van der Waals surface area contributed by atoms with Crippen molar-refractivity contribution in [2.75, 3.05) is 19.6 Å². The monoisotopic (exact) mass is 292 g/mol. The van der Waals surface area contributed by atoms with Crippen LogP contribution in [0.3, 0.4) is 0 Å². The van der Waals surface area contributed by atoms with Crippen molar-refractivity contribution < 1.29 is 9.53 Å². The minimum Gasteiger partial charge on any atom is -0.373 e. The molecule has 1 fully saturated rings. The molecule has 1 amide bonds. The fraction of sp³-hybridized carbons (Fsp3) is 0.667. The molecule has 0 aliphatic carbocycles. The van der Waals surface area contributed by atoms with Crippen molar-refractivity contribution >= 4 is 5.91 Å². The second-order valence-electron chi connectivity index (χ2n) is 6.25. The second-order valence-corrected chi connectivity index (χ2v) is 6.25. The Labute approximate surface area is 125 Å². The van der Waals surface area contributed by atoms with E-state index in [1.807, 2.05) is 0 Å². The third-order valence-corrected chi connectivity index (χ3v) is 3.75. The van der Waals surface area contributed by atoms with E-state index >= 15 is 0 Å². The molecule has 21 heavy (non-hydrogen) atoms. The van der Waals surface area contributed by atoms with Gasteiger partial charge in [0.05, 0.1) is 18.4 Å². The first-order chi connectivity index (χ1) is 9.88. The summed E-state index contributed by atoms with van der Waals surface area (Å²) >= 11 is 0. The molecule has 0 unspecified atom stereocenters. The third kappa shape index (κ3) is 4.22. The zero-order valence-corrected chi connectivity index (χ0v) is 13.2. The van der Waals surface area contributed by atoms with Gasteiger partial charge in [0.15, 0.2) is 0 Å². The highest BCUT2D eigenvalue weighted by molar-refractivity contribution is 5.91. The van der Waals surface area contributed by atoms with Gasteiger partial charge in [-0.05, 0) is 27.7 Å². The van der Waals surface area contributed by atoms with Crippen LogP contribution in [-0.4, -0.2) is 58.2 Å². The summed E-state index contributed by atoms with van der Waals surface area (Å²) < 4.78 is 5.76. The number of ether oxygens (including phenoxy) is 1. The molecule has 2 rings (SSSR count). The van der Waals surface area contributed by atoms with Crippen molar-refractivity contribution in [3.8, 4) is 0 Å². The van der Waals surface area contributed by atoms with Crippen LogP contribution in [0.25, 0.3) is 0 Å². The molecule has 6 nitrogen and oxygen atoms in total. The Bertz CT molecular complexity index is 468. The molecular formula is C15H24N4O2. The molecule has 1 aliphatic heterocycles. The minimum absolute atomic E-state index is 0.135. The lowest BCUT2D eigenvalue weighted by atomic mass is 10.00. The molecule has 0 spiro atoms. The maximum Gasteiger partial charge on any atom is 0.271 e. The highest BCUT2D eigenvalue weighted by Crippen LogP contribution is 2.20. The second kappa shape index (κ2) is 6.49. The van der Waals surface area contributed by atoms with Crippen LogP contribution in [-0.2, 0) is 4.74 Å². The molecule has 2 atom stereocenters. The molecule has 0 radical (unpaired) electrons. The molecule has 1 saturated heterocycles.